The van der Waals surface area contributed by atoms with Crippen LogP contribution in [0.15, 0.2) is 0 Å². The first-order valence-electron chi connectivity index (χ1n) is 3.88. The van der Waals surface area contributed by atoms with Gasteiger partial charge in [0.05, 0.1) is 0 Å². The maximum atomic E-state index is 12.4. The Balaban J connectivity index is 2.86. The topological polar surface area (TPSA) is 21.4 Å². The van der Waals surface area contributed by atoms with Crippen molar-refractivity contribution in [1.29, 1.82) is 0 Å². The Morgan fingerprint density at radius 1 is 1.31 bits per heavy atom. The van der Waals surface area contributed by atoms with Crippen molar-refractivity contribution in [2.75, 3.05) is 0 Å². The van der Waals surface area contributed by atoms with Crippen LogP contribution in [0.4, 0.5) is 13.2 Å². The highest BCUT2D eigenvalue weighted by Crippen LogP contribution is 2.43. The van der Waals surface area contributed by atoms with Crippen LogP contribution in [0.3, 0.4) is 0 Å². The molecule has 1 aliphatic carbocycles. The number of hydrogen-bond donors (Lipinski definition) is 0. The van der Waals surface area contributed by atoms with Crippen LogP contribution in [0, 0.1) is 6.57 Å². The Morgan fingerprint density at radius 2 is 1.77 bits per heavy atom. The molecule has 1 rings (SSSR count). The second-order valence-corrected chi connectivity index (χ2v) is 3.18. The molecular weight excluding hydrogens is 183 g/mol. The Hall–Kier alpha value is -1.05. The van der Waals surface area contributed by atoms with Gasteiger partial charge in [0, 0.05) is 25.7 Å². The van der Waals surface area contributed by atoms with Crippen LogP contribution in [0.2, 0.25) is 0 Å². The smallest absolute Gasteiger partial charge is 0.300 e. The van der Waals surface area contributed by atoms with Crippen LogP contribution >= 0.6 is 0 Å². The van der Waals surface area contributed by atoms with Gasteiger partial charge in [-0.15, -0.1) is 0 Å². The molecule has 0 aromatic heterocycles. The maximum absolute atomic E-state index is 12.4. The van der Waals surface area contributed by atoms with E-state index in [4.69, 9.17) is 6.57 Å². The van der Waals surface area contributed by atoms with E-state index in [0.717, 1.165) is 0 Å². The summed E-state index contributed by atoms with van der Waals surface area (Å²) in [7, 11) is 0. The summed E-state index contributed by atoms with van der Waals surface area (Å²) >= 11 is 0. The molecule has 0 radical (unpaired) electrons. The van der Waals surface area contributed by atoms with Crippen molar-refractivity contribution < 1.29 is 18.0 Å². The number of Topliss-reactive ketones (excluding diaryl/α,β-unsaturated/α-hetero) is 1. The monoisotopic (exact) mass is 191 g/mol. The summed E-state index contributed by atoms with van der Waals surface area (Å²) in [4.78, 5) is 13.4. The fourth-order valence-corrected chi connectivity index (χ4v) is 1.40. The molecule has 0 atom stereocenters. The summed E-state index contributed by atoms with van der Waals surface area (Å²) in [6.45, 7) is 6.56. The van der Waals surface area contributed by atoms with Gasteiger partial charge in [-0.05, 0) is 0 Å². The van der Waals surface area contributed by atoms with Gasteiger partial charge in [0.2, 0.25) is 0 Å². The lowest BCUT2D eigenvalue weighted by Crippen LogP contribution is -2.45. The first-order chi connectivity index (χ1) is 5.91. The average molecular weight is 191 g/mol. The van der Waals surface area contributed by atoms with E-state index in [1.807, 2.05) is 0 Å². The highest BCUT2D eigenvalue weighted by molar-refractivity contribution is 5.79. The van der Waals surface area contributed by atoms with Crippen molar-refractivity contribution in [1.82, 2.24) is 0 Å². The van der Waals surface area contributed by atoms with Gasteiger partial charge in [0.1, 0.15) is 5.78 Å². The van der Waals surface area contributed by atoms with E-state index in [1.54, 1.807) is 0 Å². The first-order valence-corrected chi connectivity index (χ1v) is 3.88. The zero-order valence-corrected chi connectivity index (χ0v) is 6.82. The lowest BCUT2D eigenvalue weighted by molar-refractivity contribution is -0.181. The fraction of sp³-hybridized carbons (Fsp3) is 0.750. The van der Waals surface area contributed by atoms with Gasteiger partial charge in [0.25, 0.3) is 0 Å². The van der Waals surface area contributed by atoms with Crippen LogP contribution in [0.25, 0.3) is 4.85 Å². The van der Waals surface area contributed by atoms with Crippen molar-refractivity contribution in [3.63, 3.8) is 0 Å². The predicted octanol–water partition coefficient (Wildman–Crippen LogP) is 2.35. The summed E-state index contributed by atoms with van der Waals surface area (Å²) < 4.78 is 37.2. The van der Waals surface area contributed by atoms with Crippen molar-refractivity contribution >= 4 is 5.78 Å². The molecular formula is C8H8F3NO. The summed E-state index contributed by atoms with van der Waals surface area (Å²) in [5.74, 6) is -0.177. The predicted molar refractivity (Wildman–Crippen MR) is 38.9 cm³/mol. The Morgan fingerprint density at radius 3 is 2.08 bits per heavy atom. The van der Waals surface area contributed by atoms with E-state index in [2.05, 4.69) is 4.85 Å². The third kappa shape index (κ3) is 1.67. The molecule has 1 fully saturated rings. The molecule has 0 amide bonds. The third-order valence-electron chi connectivity index (χ3n) is 2.38. The molecule has 13 heavy (non-hydrogen) atoms. The highest BCUT2D eigenvalue weighted by Gasteiger charge is 2.62. The van der Waals surface area contributed by atoms with Crippen molar-refractivity contribution in [3.8, 4) is 0 Å². The standard InChI is InChI=1S/C8H8F3NO/c1-12-7(8(9,10)11)4-2-6(13)3-5-7/h2-5H2. The molecule has 2 nitrogen and oxygen atoms in total. The lowest BCUT2D eigenvalue weighted by atomic mass is 9.81. The van der Waals surface area contributed by atoms with Gasteiger partial charge in [-0.2, -0.15) is 13.2 Å². The van der Waals surface area contributed by atoms with Gasteiger partial charge >= 0.3 is 11.7 Å². The highest BCUT2D eigenvalue weighted by atomic mass is 19.4. The molecule has 0 heterocycles. The minimum absolute atomic E-state index is 0.123. The fourth-order valence-electron chi connectivity index (χ4n) is 1.40. The Bertz CT molecular complexity index is 254. The van der Waals surface area contributed by atoms with Gasteiger partial charge in [-0.25, -0.2) is 6.57 Å². The first kappa shape index (κ1) is 10.0. The summed E-state index contributed by atoms with van der Waals surface area (Å²) in [6.07, 6.45) is -5.50. The molecule has 0 aromatic rings. The van der Waals surface area contributed by atoms with Crippen LogP contribution in [0.1, 0.15) is 25.7 Å². The SMILES string of the molecule is [C-]#[N+]C1(C(F)(F)F)CCC(=O)CC1. The minimum atomic E-state index is -4.50. The number of alkyl halides is 3. The van der Waals surface area contributed by atoms with Crippen molar-refractivity contribution in [2.24, 2.45) is 0 Å². The average Bonchev–Trinajstić information content (AvgIpc) is 2.04. The normalized spacial score (nSPS) is 22.5. The molecule has 1 aliphatic rings. The molecule has 0 aliphatic heterocycles. The number of carbonyl (C=O) groups excluding carboxylic acids is 1. The van der Waals surface area contributed by atoms with Crippen molar-refractivity contribution in [3.05, 3.63) is 11.4 Å². The summed E-state index contributed by atoms with van der Waals surface area (Å²) in [6, 6.07) is 0. The van der Waals surface area contributed by atoms with E-state index >= 15 is 0 Å². The van der Waals surface area contributed by atoms with E-state index in [1.165, 1.54) is 0 Å². The van der Waals surface area contributed by atoms with Crippen LogP contribution in [0.5, 0.6) is 0 Å². The minimum Gasteiger partial charge on any atom is -0.300 e. The van der Waals surface area contributed by atoms with Gasteiger partial charge in [-0.1, -0.05) is 0 Å². The zero-order chi connectivity index (χ0) is 10.1. The van der Waals surface area contributed by atoms with E-state index in [-0.39, 0.29) is 31.5 Å². The number of nitrogens with zero attached hydrogens (tertiary/aromatic N) is 1. The largest absolute Gasteiger partial charge is 0.468 e. The van der Waals surface area contributed by atoms with Crippen LogP contribution in [-0.4, -0.2) is 17.5 Å². The molecule has 0 aromatic carbocycles. The summed E-state index contributed by atoms with van der Waals surface area (Å²) in [5, 5.41) is 0. The van der Waals surface area contributed by atoms with Crippen LogP contribution in [-0.2, 0) is 4.79 Å². The molecule has 0 bridgehead atoms. The Labute approximate surface area is 73.5 Å². The third-order valence-corrected chi connectivity index (χ3v) is 2.38. The Kier molecular flexibility index (Phi) is 2.33. The number of carbonyl (C=O) groups is 1. The van der Waals surface area contributed by atoms with Gasteiger partial charge in [0.15, 0.2) is 0 Å². The van der Waals surface area contributed by atoms with E-state index in [9.17, 15) is 18.0 Å². The van der Waals surface area contributed by atoms with Gasteiger partial charge < -0.3 is 4.85 Å². The molecule has 0 unspecified atom stereocenters. The molecule has 5 heteroatoms. The molecule has 72 valence electrons. The van der Waals surface area contributed by atoms with E-state index in [0.29, 0.717) is 0 Å². The van der Waals surface area contributed by atoms with Gasteiger partial charge in [-0.3, -0.25) is 4.79 Å². The van der Waals surface area contributed by atoms with E-state index < -0.39 is 11.7 Å². The maximum Gasteiger partial charge on any atom is 0.468 e. The second kappa shape index (κ2) is 3.02. The molecule has 1 saturated carbocycles. The molecule has 0 saturated heterocycles. The lowest BCUT2D eigenvalue weighted by Gasteiger charge is -2.27. The van der Waals surface area contributed by atoms with Crippen LogP contribution < -0.4 is 0 Å². The zero-order valence-electron chi connectivity index (χ0n) is 6.82. The molecule has 0 N–H and O–H groups in total. The number of rotatable bonds is 0. The molecule has 0 spiro atoms. The quantitative estimate of drug-likeness (QED) is 0.538. The number of ketones is 1. The second-order valence-electron chi connectivity index (χ2n) is 3.18. The number of halogens is 3. The van der Waals surface area contributed by atoms with Crippen molar-refractivity contribution in [2.45, 2.75) is 37.4 Å². The summed E-state index contributed by atoms with van der Waals surface area (Å²) in [5.41, 5.74) is -2.29. The number of hydrogen-bond acceptors (Lipinski definition) is 1.